The van der Waals surface area contributed by atoms with Crippen molar-refractivity contribution in [3.8, 4) is 23.2 Å². The SMILES string of the molecule is COc1cc(Cl)cc(-c2nc(C3CCCN3C(=O)c3cc(C)ccc3-n3nccn3)no2)n1. The molecule has 1 atom stereocenters. The quantitative estimate of drug-likeness (QED) is 0.439. The molecular formula is C22H20ClN7O3. The molecule has 1 aromatic carbocycles. The van der Waals surface area contributed by atoms with Crippen molar-refractivity contribution >= 4 is 17.5 Å². The average Bonchev–Trinajstić information content (AvgIpc) is 3.59. The molecule has 4 heterocycles. The number of benzene rings is 1. The summed E-state index contributed by atoms with van der Waals surface area (Å²) in [6.07, 6.45) is 4.70. The van der Waals surface area contributed by atoms with E-state index in [0.717, 1.165) is 18.4 Å². The number of nitrogens with zero attached hydrogens (tertiary/aromatic N) is 7. The van der Waals surface area contributed by atoms with Crippen LogP contribution >= 0.6 is 11.6 Å². The highest BCUT2D eigenvalue weighted by Crippen LogP contribution is 2.34. The van der Waals surface area contributed by atoms with E-state index in [1.807, 2.05) is 25.1 Å². The molecule has 10 nitrogen and oxygen atoms in total. The first-order valence-corrected chi connectivity index (χ1v) is 10.7. The van der Waals surface area contributed by atoms with Gasteiger partial charge < -0.3 is 14.2 Å². The van der Waals surface area contributed by atoms with Gasteiger partial charge in [-0.15, -0.1) is 0 Å². The van der Waals surface area contributed by atoms with Gasteiger partial charge in [-0.2, -0.15) is 20.0 Å². The Morgan fingerprint density at radius 3 is 2.79 bits per heavy atom. The molecule has 1 saturated heterocycles. The number of aryl methyl sites for hydroxylation is 1. The molecule has 11 heteroatoms. The maximum absolute atomic E-state index is 13.6. The number of hydrogen-bond acceptors (Lipinski definition) is 8. The second kappa shape index (κ2) is 8.62. The van der Waals surface area contributed by atoms with Crippen LogP contribution < -0.4 is 4.74 Å². The zero-order valence-electron chi connectivity index (χ0n) is 18.0. The normalized spacial score (nSPS) is 15.7. The summed E-state index contributed by atoms with van der Waals surface area (Å²) in [5.41, 5.74) is 2.50. The van der Waals surface area contributed by atoms with Gasteiger partial charge in [0, 0.05) is 17.6 Å². The third-order valence-electron chi connectivity index (χ3n) is 5.46. The van der Waals surface area contributed by atoms with Crippen molar-refractivity contribution in [1.29, 1.82) is 0 Å². The summed E-state index contributed by atoms with van der Waals surface area (Å²) in [5.74, 6) is 0.835. The molecule has 1 amide bonds. The molecule has 1 fully saturated rings. The molecule has 0 radical (unpaired) electrons. The Bertz CT molecular complexity index is 1310. The van der Waals surface area contributed by atoms with Crippen molar-refractivity contribution in [2.45, 2.75) is 25.8 Å². The highest BCUT2D eigenvalue weighted by Gasteiger charge is 2.35. The van der Waals surface area contributed by atoms with Gasteiger partial charge in [-0.05, 0) is 38.0 Å². The van der Waals surface area contributed by atoms with Crippen molar-refractivity contribution in [2.75, 3.05) is 13.7 Å². The Hall–Kier alpha value is -3.79. The van der Waals surface area contributed by atoms with Gasteiger partial charge in [0.05, 0.1) is 36.8 Å². The predicted molar refractivity (Wildman–Crippen MR) is 118 cm³/mol. The minimum atomic E-state index is -0.324. The van der Waals surface area contributed by atoms with Crippen molar-refractivity contribution in [1.82, 2.24) is 35.0 Å². The molecule has 168 valence electrons. The van der Waals surface area contributed by atoms with E-state index < -0.39 is 0 Å². The van der Waals surface area contributed by atoms with Crippen LogP contribution in [0.3, 0.4) is 0 Å². The smallest absolute Gasteiger partial charge is 0.276 e. The van der Waals surface area contributed by atoms with E-state index in [1.54, 1.807) is 29.4 Å². The first kappa shape index (κ1) is 21.1. The number of likely N-dealkylation sites (tertiary alicyclic amines) is 1. The van der Waals surface area contributed by atoms with E-state index in [0.29, 0.717) is 40.2 Å². The molecule has 0 aliphatic carbocycles. The summed E-state index contributed by atoms with van der Waals surface area (Å²) < 4.78 is 10.6. The highest BCUT2D eigenvalue weighted by molar-refractivity contribution is 6.30. The average molecular weight is 466 g/mol. The first-order valence-electron chi connectivity index (χ1n) is 10.4. The Kier molecular flexibility index (Phi) is 5.51. The molecule has 1 aliphatic heterocycles. The molecule has 1 aliphatic rings. The largest absolute Gasteiger partial charge is 0.481 e. The Morgan fingerprint density at radius 1 is 1.18 bits per heavy atom. The van der Waals surface area contributed by atoms with Crippen LogP contribution in [-0.4, -0.2) is 54.6 Å². The van der Waals surface area contributed by atoms with Crippen molar-refractivity contribution < 1.29 is 14.1 Å². The van der Waals surface area contributed by atoms with Crippen LogP contribution in [0.4, 0.5) is 0 Å². The number of carbonyl (C=O) groups excluding carboxylic acids is 1. The number of halogens is 1. The fraction of sp³-hybridized carbons (Fsp3) is 0.273. The van der Waals surface area contributed by atoms with Crippen LogP contribution in [0.2, 0.25) is 5.02 Å². The molecular weight excluding hydrogens is 446 g/mol. The maximum atomic E-state index is 13.6. The molecule has 0 N–H and O–H groups in total. The van der Waals surface area contributed by atoms with E-state index in [9.17, 15) is 4.79 Å². The van der Waals surface area contributed by atoms with Crippen molar-refractivity contribution in [3.05, 3.63) is 64.7 Å². The van der Waals surface area contributed by atoms with Gasteiger partial charge in [0.1, 0.15) is 5.69 Å². The summed E-state index contributed by atoms with van der Waals surface area (Å²) in [4.78, 5) is 25.7. The molecule has 33 heavy (non-hydrogen) atoms. The number of carbonyl (C=O) groups is 1. The van der Waals surface area contributed by atoms with E-state index in [2.05, 4.69) is 25.3 Å². The molecule has 1 unspecified atom stereocenters. The van der Waals surface area contributed by atoms with Gasteiger partial charge in [-0.3, -0.25) is 4.79 Å². The monoisotopic (exact) mass is 465 g/mol. The van der Waals surface area contributed by atoms with Crippen LogP contribution in [-0.2, 0) is 0 Å². The lowest BCUT2D eigenvalue weighted by molar-refractivity contribution is 0.0728. The lowest BCUT2D eigenvalue weighted by Crippen LogP contribution is -2.32. The van der Waals surface area contributed by atoms with E-state index in [-0.39, 0.29) is 17.8 Å². The van der Waals surface area contributed by atoms with Gasteiger partial charge in [-0.1, -0.05) is 28.4 Å². The molecule has 5 rings (SSSR count). The summed E-state index contributed by atoms with van der Waals surface area (Å²) in [6, 6.07) is 8.51. The number of pyridine rings is 1. The minimum Gasteiger partial charge on any atom is -0.481 e. The standard InChI is InChI=1S/C22H20ClN7O3/c1-13-5-6-17(30-24-7-8-25-30)15(10-13)22(31)29-9-3-4-18(29)20-27-21(33-28-20)16-11-14(23)12-19(26-16)32-2/h5-8,10-12,18H,3-4,9H2,1-2H3. The van der Waals surface area contributed by atoms with Gasteiger partial charge >= 0.3 is 0 Å². The molecule has 0 spiro atoms. The Labute approximate surface area is 194 Å². The molecule has 3 aromatic heterocycles. The van der Waals surface area contributed by atoms with Gasteiger partial charge in [-0.25, -0.2) is 4.98 Å². The molecule has 0 saturated carbocycles. The van der Waals surface area contributed by atoms with E-state index in [4.69, 9.17) is 20.9 Å². The fourth-order valence-corrected chi connectivity index (χ4v) is 4.13. The van der Waals surface area contributed by atoms with Gasteiger partial charge in [0.25, 0.3) is 11.8 Å². The number of methoxy groups -OCH3 is 1. The van der Waals surface area contributed by atoms with Crippen molar-refractivity contribution in [3.63, 3.8) is 0 Å². The number of aromatic nitrogens is 6. The third-order valence-corrected chi connectivity index (χ3v) is 5.68. The molecule has 4 aromatic rings. The van der Waals surface area contributed by atoms with Gasteiger partial charge in [0.15, 0.2) is 5.82 Å². The highest BCUT2D eigenvalue weighted by atomic mass is 35.5. The lowest BCUT2D eigenvalue weighted by Gasteiger charge is -2.23. The number of rotatable bonds is 5. The topological polar surface area (TPSA) is 112 Å². The van der Waals surface area contributed by atoms with Crippen molar-refractivity contribution in [2.24, 2.45) is 0 Å². The zero-order chi connectivity index (χ0) is 22.9. The summed E-state index contributed by atoms with van der Waals surface area (Å²) in [6.45, 7) is 2.52. The van der Waals surface area contributed by atoms with E-state index >= 15 is 0 Å². The van der Waals surface area contributed by atoms with Crippen LogP contribution in [0.5, 0.6) is 5.88 Å². The second-order valence-corrected chi connectivity index (χ2v) is 8.10. The summed E-state index contributed by atoms with van der Waals surface area (Å²) in [5, 5.41) is 13.0. The minimum absolute atomic E-state index is 0.137. The Morgan fingerprint density at radius 2 is 2.00 bits per heavy atom. The van der Waals surface area contributed by atoms with E-state index in [1.165, 1.54) is 11.9 Å². The van der Waals surface area contributed by atoms with Gasteiger partial charge in [0.2, 0.25) is 5.88 Å². The first-order chi connectivity index (χ1) is 16.0. The van der Waals surface area contributed by atoms with Crippen LogP contribution in [0.25, 0.3) is 17.3 Å². The summed E-state index contributed by atoms with van der Waals surface area (Å²) in [7, 11) is 1.50. The predicted octanol–water partition coefficient (Wildman–Crippen LogP) is 3.66. The van der Waals surface area contributed by atoms with Crippen LogP contribution in [0.1, 0.15) is 40.6 Å². The fourth-order valence-electron chi connectivity index (χ4n) is 3.93. The number of ether oxygens (including phenoxy) is 1. The molecule has 0 bridgehead atoms. The number of hydrogen-bond donors (Lipinski definition) is 0. The Balaban J connectivity index is 1.46. The second-order valence-electron chi connectivity index (χ2n) is 7.67. The zero-order valence-corrected chi connectivity index (χ0v) is 18.7. The van der Waals surface area contributed by atoms with Crippen LogP contribution in [0.15, 0.2) is 47.2 Å². The van der Waals surface area contributed by atoms with Crippen LogP contribution in [0, 0.1) is 6.92 Å². The lowest BCUT2D eigenvalue weighted by atomic mass is 10.1. The summed E-state index contributed by atoms with van der Waals surface area (Å²) >= 11 is 6.14. The number of amides is 1. The maximum Gasteiger partial charge on any atom is 0.276 e. The third kappa shape index (κ3) is 4.05.